The summed E-state index contributed by atoms with van der Waals surface area (Å²) in [5, 5.41) is 3.46. The van der Waals surface area contributed by atoms with Gasteiger partial charge in [0.25, 0.3) is 0 Å². The highest BCUT2D eigenvalue weighted by Crippen LogP contribution is 2.27. The Morgan fingerprint density at radius 2 is 2.07 bits per heavy atom. The van der Waals surface area contributed by atoms with Crippen LogP contribution in [0.15, 0.2) is 18.2 Å². The number of benzene rings is 1. The van der Waals surface area contributed by atoms with E-state index in [1.807, 2.05) is 0 Å². The van der Waals surface area contributed by atoms with Crippen LogP contribution in [0.3, 0.4) is 0 Å². The van der Waals surface area contributed by atoms with E-state index in [1.165, 1.54) is 11.1 Å². The van der Waals surface area contributed by atoms with Crippen LogP contribution in [0, 0.1) is 6.92 Å². The van der Waals surface area contributed by atoms with Gasteiger partial charge in [0, 0.05) is 11.6 Å². The molecule has 0 spiro atoms. The monoisotopic (exact) mass is 207 g/mol. The maximum Gasteiger partial charge on any atom is 0.123 e. The fraction of sp³-hybridized carbons (Fsp3) is 0.538. The molecule has 0 fully saturated rings. The summed E-state index contributed by atoms with van der Waals surface area (Å²) in [5.74, 6) is 0.989. The van der Waals surface area contributed by atoms with Gasteiger partial charge in [-0.05, 0) is 31.5 Å². The van der Waals surface area contributed by atoms with Crippen molar-refractivity contribution < 1.29 is 4.74 Å². The van der Waals surface area contributed by atoms with E-state index in [4.69, 9.17) is 4.74 Å². The zero-order valence-corrected chi connectivity index (χ0v) is 10.1. The van der Waals surface area contributed by atoms with Crippen molar-refractivity contribution in [1.82, 2.24) is 5.32 Å². The van der Waals surface area contributed by atoms with E-state index in [0.717, 1.165) is 18.7 Å². The Balaban J connectivity index is 2.99. The average molecular weight is 207 g/mol. The number of methoxy groups -OCH3 is 1. The molecule has 0 radical (unpaired) electrons. The molecule has 1 atom stereocenters. The maximum atomic E-state index is 5.42. The lowest BCUT2D eigenvalue weighted by atomic mass is 10.0. The molecule has 1 rings (SSSR count). The minimum Gasteiger partial charge on any atom is -0.496 e. The van der Waals surface area contributed by atoms with Crippen LogP contribution in [0.5, 0.6) is 5.75 Å². The Kier molecular flexibility index (Phi) is 4.63. The molecule has 1 aromatic carbocycles. The van der Waals surface area contributed by atoms with Crippen molar-refractivity contribution in [3.05, 3.63) is 29.3 Å². The van der Waals surface area contributed by atoms with Gasteiger partial charge in [0.2, 0.25) is 0 Å². The smallest absolute Gasteiger partial charge is 0.123 e. The Bertz CT molecular complexity index is 309. The molecule has 0 aliphatic carbocycles. The van der Waals surface area contributed by atoms with E-state index >= 15 is 0 Å². The Labute approximate surface area is 92.6 Å². The van der Waals surface area contributed by atoms with Gasteiger partial charge >= 0.3 is 0 Å². The highest BCUT2D eigenvalue weighted by molar-refractivity contribution is 5.39. The van der Waals surface area contributed by atoms with Gasteiger partial charge in [-0.25, -0.2) is 0 Å². The molecule has 84 valence electrons. The first-order valence-corrected chi connectivity index (χ1v) is 5.60. The summed E-state index contributed by atoms with van der Waals surface area (Å²) in [6, 6.07) is 6.78. The molecule has 0 saturated heterocycles. The normalized spacial score (nSPS) is 12.5. The van der Waals surface area contributed by atoms with Gasteiger partial charge in [0.05, 0.1) is 7.11 Å². The third-order valence-corrected chi connectivity index (χ3v) is 2.62. The highest BCUT2D eigenvalue weighted by atomic mass is 16.5. The zero-order valence-electron chi connectivity index (χ0n) is 10.1. The highest BCUT2D eigenvalue weighted by Gasteiger charge is 2.12. The predicted octanol–water partition coefficient (Wildman–Crippen LogP) is 3.06. The van der Waals surface area contributed by atoms with Crippen molar-refractivity contribution in [2.75, 3.05) is 13.7 Å². The van der Waals surface area contributed by atoms with E-state index in [0.29, 0.717) is 6.04 Å². The topological polar surface area (TPSA) is 21.3 Å². The maximum absolute atomic E-state index is 5.42. The summed E-state index contributed by atoms with van der Waals surface area (Å²) < 4.78 is 5.42. The largest absolute Gasteiger partial charge is 0.496 e. The lowest BCUT2D eigenvalue weighted by molar-refractivity contribution is 0.398. The van der Waals surface area contributed by atoms with Crippen LogP contribution in [0.4, 0.5) is 0 Å². The predicted molar refractivity (Wildman–Crippen MR) is 64.4 cm³/mol. The summed E-state index contributed by atoms with van der Waals surface area (Å²) in [5.41, 5.74) is 2.49. The third-order valence-electron chi connectivity index (χ3n) is 2.62. The number of nitrogens with one attached hydrogen (secondary N) is 1. The van der Waals surface area contributed by atoms with E-state index in [9.17, 15) is 0 Å². The molecule has 0 saturated carbocycles. The van der Waals surface area contributed by atoms with Crippen LogP contribution in [0.25, 0.3) is 0 Å². The molecule has 0 aromatic heterocycles. The van der Waals surface area contributed by atoms with Crippen molar-refractivity contribution in [3.8, 4) is 5.75 Å². The third kappa shape index (κ3) is 2.96. The van der Waals surface area contributed by atoms with E-state index < -0.39 is 0 Å². The molecule has 0 amide bonds. The minimum atomic E-state index is 0.394. The summed E-state index contributed by atoms with van der Waals surface area (Å²) in [6.07, 6.45) is 1.08. The van der Waals surface area contributed by atoms with Crippen molar-refractivity contribution in [3.63, 3.8) is 0 Å². The summed E-state index contributed by atoms with van der Waals surface area (Å²) >= 11 is 0. The molecule has 0 heterocycles. The summed E-state index contributed by atoms with van der Waals surface area (Å²) in [4.78, 5) is 0. The van der Waals surface area contributed by atoms with Gasteiger partial charge in [0.15, 0.2) is 0 Å². The minimum absolute atomic E-state index is 0.394. The van der Waals surface area contributed by atoms with E-state index in [2.05, 4.69) is 44.3 Å². The van der Waals surface area contributed by atoms with Crippen molar-refractivity contribution >= 4 is 0 Å². The van der Waals surface area contributed by atoms with Gasteiger partial charge in [-0.2, -0.15) is 0 Å². The zero-order chi connectivity index (χ0) is 11.3. The standard InChI is InChI=1S/C13H21NO/c1-5-12(14-6-2)11-8-7-10(3)9-13(11)15-4/h7-9,12,14H,5-6H2,1-4H3. The second kappa shape index (κ2) is 5.76. The number of aryl methyl sites for hydroxylation is 1. The van der Waals surface area contributed by atoms with Crippen LogP contribution in [0.1, 0.15) is 37.4 Å². The molecule has 1 N–H and O–H groups in total. The Hall–Kier alpha value is -1.02. The van der Waals surface area contributed by atoms with Crippen molar-refractivity contribution in [2.45, 2.75) is 33.2 Å². The molecule has 2 heteroatoms. The SMILES string of the molecule is CCNC(CC)c1ccc(C)cc1OC. The van der Waals surface area contributed by atoms with Gasteiger partial charge in [-0.15, -0.1) is 0 Å². The van der Waals surface area contributed by atoms with Gasteiger partial charge in [-0.1, -0.05) is 26.0 Å². The Morgan fingerprint density at radius 1 is 1.33 bits per heavy atom. The number of hydrogen-bond donors (Lipinski definition) is 1. The fourth-order valence-electron chi connectivity index (χ4n) is 1.83. The quantitative estimate of drug-likeness (QED) is 0.801. The number of rotatable bonds is 5. The van der Waals surface area contributed by atoms with Crippen LogP contribution in [-0.4, -0.2) is 13.7 Å². The second-order valence-corrected chi connectivity index (χ2v) is 3.76. The molecule has 0 aliphatic heterocycles. The van der Waals surface area contributed by atoms with Gasteiger partial charge in [0.1, 0.15) is 5.75 Å². The molecule has 2 nitrogen and oxygen atoms in total. The molecular weight excluding hydrogens is 186 g/mol. The van der Waals surface area contributed by atoms with Crippen LogP contribution in [0.2, 0.25) is 0 Å². The van der Waals surface area contributed by atoms with Crippen molar-refractivity contribution in [2.24, 2.45) is 0 Å². The molecule has 0 bridgehead atoms. The summed E-state index contributed by atoms with van der Waals surface area (Å²) in [7, 11) is 1.73. The number of ether oxygens (including phenoxy) is 1. The van der Waals surface area contributed by atoms with Crippen molar-refractivity contribution in [1.29, 1.82) is 0 Å². The summed E-state index contributed by atoms with van der Waals surface area (Å²) in [6.45, 7) is 7.38. The average Bonchev–Trinajstić information content (AvgIpc) is 2.26. The molecule has 15 heavy (non-hydrogen) atoms. The number of hydrogen-bond acceptors (Lipinski definition) is 2. The molecular formula is C13H21NO. The molecule has 1 aromatic rings. The first kappa shape index (κ1) is 12.1. The van der Waals surface area contributed by atoms with Gasteiger partial charge in [-0.3, -0.25) is 0 Å². The van der Waals surface area contributed by atoms with Crippen LogP contribution in [-0.2, 0) is 0 Å². The molecule has 1 unspecified atom stereocenters. The first-order chi connectivity index (χ1) is 7.22. The Morgan fingerprint density at radius 3 is 2.60 bits per heavy atom. The molecule has 0 aliphatic rings. The van der Waals surface area contributed by atoms with Crippen LogP contribution < -0.4 is 10.1 Å². The fourth-order valence-corrected chi connectivity index (χ4v) is 1.83. The lowest BCUT2D eigenvalue weighted by Crippen LogP contribution is -2.20. The van der Waals surface area contributed by atoms with Crippen LogP contribution >= 0.6 is 0 Å². The first-order valence-electron chi connectivity index (χ1n) is 5.60. The van der Waals surface area contributed by atoms with E-state index in [1.54, 1.807) is 7.11 Å². The van der Waals surface area contributed by atoms with E-state index in [-0.39, 0.29) is 0 Å². The van der Waals surface area contributed by atoms with Gasteiger partial charge < -0.3 is 10.1 Å². The second-order valence-electron chi connectivity index (χ2n) is 3.76. The lowest BCUT2D eigenvalue weighted by Gasteiger charge is -2.19.